The van der Waals surface area contributed by atoms with E-state index in [0.717, 1.165) is 24.0 Å². The Bertz CT molecular complexity index is 498. The minimum Gasteiger partial charge on any atom is -0.357 e. The molecular formula is C14H20N4O. The van der Waals surface area contributed by atoms with Crippen molar-refractivity contribution < 1.29 is 4.79 Å². The minimum atomic E-state index is 0.296. The first-order valence-corrected chi connectivity index (χ1v) is 6.98. The van der Waals surface area contributed by atoms with E-state index in [1.54, 1.807) is 0 Å². The summed E-state index contributed by atoms with van der Waals surface area (Å²) in [6.07, 6.45) is 4.44. The molecule has 2 fully saturated rings. The van der Waals surface area contributed by atoms with Crippen LogP contribution in [0.1, 0.15) is 31.5 Å². The van der Waals surface area contributed by atoms with Crippen LogP contribution >= 0.6 is 0 Å². The van der Waals surface area contributed by atoms with Crippen molar-refractivity contribution in [2.75, 3.05) is 29.9 Å². The Morgan fingerprint density at radius 2 is 2.16 bits per heavy atom. The molecule has 0 N–H and O–H groups in total. The lowest BCUT2D eigenvalue weighted by Gasteiger charge is -2.35. The second kappa shape index (κ2) is 4.79. The van der Waals surface area contributed by atoms with Crippen molar-refractivity contribution in [2.45, 2.75) is 38.6 Å². The molecule has 5 nitrogen and oxygen atoms in total. The Balaban J connectivity index is 1.85. The molecule has 5 heteroatoms. The molecule has 0 amide bonds. The van der Waals surface area contributed by atoms with E-state index in [0.29, 0.717) is 24.8 Å². The van der Waals surface area contributed by atoms with Crippen LogP contribution in [-0.2, 0) is 4.79 Å². The number of nitrogens with zero attached hydrogens (tertiary/aromatic N) is 4. The lowest BCUT2D eigenvalue weighted by atomic mass is 9.92. The predicted molar refractivity (Wildman–Crippen MR) is 74.6 cm³/mol. The molecule has 0 unspecified atom stereocenters. The third-order valence-corrected chi connectivity index (χ3v) is 4.15. The summed E-state index contributed by atoms with van der Waals surface area (Å²) in [7, 11) is 2.10. The second-order valence-corrected chi connectivity index (χ2v) is 5.54. The number of aryl methyl sites for hydroxylation is 1. The van der Waals surface area contributed by atoms with Crippen molar-refractivity contribution >= 4 is 17.4 Å². The van der Waals surface area contributed by atoms with Crippen molar-refractivity contribution in [3.8, 4) is 0 Å². The number of Topliss-reactive ketones (excluding diaryl/α,β-unsaturated/α-hetero) is 1. The molecule has 3 rings (SSSR count). The average molecular weight is 260 g/mol. The summed E-state index contributed by atoms with van der Waals surface area (Å²) >= 11 is 0. The maximum Gasteiger partial charge on any atom is 0.153 e. The molecule has 102 valence electrons. The van der Waals surface area contributed by atoms with E-state index in [2.05, 4.69) is 26.8 Å². The van der Waals surface area contributed by atoms with E-state index in [-0.39, 0.29) is 0 Å². The van der Waals surface area contributed by atoms with Gasteiger partial charge >= 0.3 is 0 Å². The number of anilines is 2. The topological polar surface area (TPSA) is 49.3 Å². The molecule has 2 heterocycles. The summed E-state index contributed by atoms with van der Waals surface area (Å²) < 4.78 is 0. The molecule has 0 radical (unpaired) electrons. The van der Waals surface area contributed by atoms with Crippen LogP contribution in [0.25, 0.3) is 0 Å². The van der Waals surface area contributed by atoms with E-state index in [4.69, 9.17) is 0 Å². The first-order chi connectivity index (χ1) is 9.13. The Labute approximate surface area is 113 Å². The lowest BCUT2D eigenvalue weighted by molar-refractivity contribution is -0.116. The summed E-state index contributed by atoms with van der Waals surface area (Å²) in [4.78, 5) is 24.7. The first kappa shape index (κ1) is 12.4. The molecule has 1 saturated heterocycles. The van der Waals surface area contributed by atoms with Gasteiger partial charge in [0.25, 0.3) is 0 Å². The van der Waals surface area contributed by atoms with Crippen molar-refractivity contribution in [2.24, 2.45) is 0 Å². The number of rotatable bonds is 3. The third kappa shape index (κ3) is 2.41. The Hall–Kier alpha value is -1.65. The van der Waals surface area contributed by atoms with Gasteiger partial charge in [-0.15, -0.1) is 0 Å². The minimum absolute atomic E-state index is 0.296. The van der Waals surface area contributed by atoms with Crippen LogP contribution in [0, 0.1) is 6.92 Å². The van der Waals surface area contributed by atoms with Crippen LogP contribution in [0.2, 0.25) is 0 Å². The zero-order valence-corrected chi connectivity index (χ0v) is 11.6. The summed E-state index contributed by atoms with van der Waals surface area (Å²) in [5.74, 6) is 2.94. The first-order valence-electron chi connectivity index (χ1n) is 6.98. The summed E-state index contributed by atoms with van der Waals surface area (Å²) in [5.41, 5.74) is 0. The highest BCUT2D eigenvalue weighted by Crippen LogP contribution is 2.29. The van der Waals surface area contributed by atoms with Gasteiger partial charge in [0.2, 0.25) is 0 Å². The summed E-state index contributed by atoms with van der Waals surface area (Å²) in [6.45, 7) is 3.18. The van der Waals surface area contributed by atoms with Crippen LogP contribution < -0.4 is 9.80 Å². The molecule has 1 saturated carbocycles. The third-order valence-electron chi connectivity index (χ3n) is 4.15. The molecule has 2 aliphatic rings. The van der Waals surface area contributed by atoms with E-state index < -0.39 is 0 Å². The molecule has 0 atom stereocenters. The van der Waals surface area contributed by atoms with Crippen molar-refractivity contribution in [3.63, 3.8) is 0 Å². The van der Waals surface area contributed by atoms with E-state index in [9.17, 15) is 4.79 Å². The van der Waals surface area contributed by atoms with Crippen molar-refractivity contribution in [1.29, 1.82) is 0 Å². The molecule has 1 aliphatic carbocycles. The average Bonchev–Trinajstić information content (AvgIpc) is 2.73. The van der Waals surface area contributed by atoms with Crippen LogP contribution in [0.15, 0.2) is 6.07 Å². The van der Waals surface area contributed by atoms with Crippen molar-refractivity contribution in [1.82, 2.24) is 9.97 Å². The second-order valence-electron chi connectivity index (χ2n) is 5.54. The van der Waals surface area contributed by atoms with Crippen molar-refractivity contribution in [3.05, 3.63) is 11.9 Å². The molecule has 0 bridgehead atoms. The van der Waals surface area contributed by atoms with Crippen LogP contribution in [0.5, 0.6) is 0 Å². The number of carbonyl (C=O) groups excluding carboxylic acids is 1. The van der Waals surface area contributed by atoms with Crippen LogP contribution in [0.4, 0.5) is 11.6 Å². The van der Waals surface area contributed by atoms with E-state index >= 15 is 0 Å². The van der Waals surface area contributed by atoms with Crippen LogP contribution in [0.3, 0.4) is 0 Å². The van der Waals surface area contributed by atoms with Gasteiger partial charge in [-0.05, 0) is 26.2 Å². The zero-order valence-electron chi connectivity index (χ0n) is 11.6. The maximum absolute atomic E-state index is 11.4. The fourth-order valence-corrected chi connectivity index (χ4v) is 2.67. The van der Waals surface area contributed by atoms with Gasteiger partial charge in [-0.3, -0.25) is 4.79 Å². The number of aromatic nitrogens is 2. The molecule has 0 aromatic carbocycles. The highest BCUT2D eigenvalue weighted by molar-refractivity contribution is 5.86. The monoisotopic (exact) mass is 260 g/mol. The maximum atomic E-state index is 11.4. The van der Waals surface area contributed by atoms with E-state index in [1.165, 1.54) is 19.3 Å². The SMILES string of the molecule is Cc1nc(N2CCC(=O)C2)cc(N(C)C2CCC2)n1. The normalized spacial score (nSPS) is 19.7. The van der Waals surface area contributed by atoms with Gasteiger partial charge in [0.15, 0.2) is 5.78 Å². The fraction of sp³-hybridized carbons (Fsp3) is 0.643. The van der Waals surface area contributed by atoms with Gasteiger partial charge in [-0.25, -0.2) is 9.97 Å². The Morgan fingerprint density at radius 1 is 1.37 bits per heavy atom. The van der Waals surface area contributed by atoms with Gasteiger partial charge in [-0.2, -0.15) is 0 Å². The molecule has 19 heavy (non-hydrogen) atoms. The van der Waals surface area contributed by atoms with Gasteiger partial charge in [0.1, 0.15) is 17.5 Å². The Morgan fingerprint density at radius 3 is 2.74 bits per heavy atom. The highest BCUT2D eigenvalue weighted by Gasteiger charge is 2.25. The quantitative estimate of drug-likeness (QED) is 0.825. The molecule has 1 aromatic heterocycles. The number of hydrogen-bond donors (Lipinski definition) is 0. The molecular weight excluding hydrogens is 240 g/mol. The molecule has 0 spiro atoms. The largest absolute Gasteiger partial charge is 0.357 e. The fourth-order valence-electron chi connectivity index (χ4n) is 2.67. The van der Waals surface area contributed by atoms with Gasteiger partial charge in [0, 0.05) is 32.1 Å². The number of hydrogen-bond acceptors (Lipinski definition) is 5. The summed E-state index contributed by atoms with van der Waals surface area (Å²) in [6, 6.07) is 2.63. The number of carbonyl (C=O) groups is 1. The highest BCUT2D eigenvalue weighted by atomic mass is 16.1. The van der Waals surface area contributed by atoms with Crippen LogP contribution in [-0.4, -0.2) is 41.9 Å². The Kier molecular flexibility index (Phi) is 3.12. The lowest BCUT2D eigenvalue weighted by Crippen LogP contribution is -2.38. The molecule has 1 aliphatic heterocycles. The standard InChI is InChI=1S/C14H20N4O/c1-10-15-13(17(2)11-4-3-5-11)8-14(16-10)18-7-6-12(19)9-18/h8,11H,3-7,9H2,1-2H3. The number of ketones is 1. The van der Waals surface area contributed by atoms with E-state index in [1.807, 2.05) is 13.0 Å². The van der Waals surface area contributed by atoms with Gasteiger partial charge in [0.05, 0.1) is 6.54 Å². The smallest absolute Gasteiger partial charge is 0.153 e. The van der Waals surface area contributed by atoms with Gasteiger partial charge < -0.3 is 9.80 Å². The zero-order chi connectivity index (χ0) is 13.4. The van der Waals surface area contributed by atoms with Gasteiger partial charge in [-0.1, -0.05) is 0 Å². The predicted octanol–water partition coefficient (Wildman–Crippen LogP) is 1.55. The molecule has 1 aromatic rings. The summed E-state index contributed by atoms with van der Waals surface area (Å²) in [5, 5.41) is 0.